The van der Waals surface area contributed by atoms with Crippen molar-refractivity contribution in [2.45, 2.75) is 26.8 Å². The van der Waals surface area contributed by atoms with Crippen LogP contribution in [0.25, 0.3) is 6.08 Å². The van der Waals surface area contributed by atoms with E-state index in [1.807, 2.05) is 32.9 Å². The van der Waals surface area contributed by atoms with E-state index in [0.29, 0.717) is 12.3 Å². The first-order chi connectivity index (χ1) is 12.4. The molecule has 0 spiro atoms. The van der Waals surface area contributed by atoms with Crippen LogP contribution < -0.4 is 5.32 Å². The number of rotatable bonds is 6. The molecule has 1 amide bonds. The molecular weight excluding hydrogens is 333 g/mol. The first-order valence-electron chi connectivity index (χ1n) is 8.23. The minimum absolute atomic E-state index is 0.0473. The molecule has 0 fully saturated rings. The Bertz CT molecular complexity index is 878. The molecule has 2 aromatic rings. The number of nitrogens with zero attached hydrogens (tertiary/aromatic N) is 2. The number of hydrogen-bond acceptors (Lipinski definition) is 3. The van der Waals surface area contributed by atoms with Crippen molar-refractivity contribution in [2.24, 2.45) is 0 Å². The average molecular weight is 355 g/mol. The Hall–Kier alpha value is -2.91. The van der Waals surface area contributed by atoms with Crippen molar-refractivity contribution in [1.82, 2.24) is 4.57 Å². The fraction of sp³-hybridized carbons (Fsp3) is 0.300. The molecular formula is C20H22FN3O2. The van der Waals surface area contributed by atoms with Gasteiger partial charge in [-0.2, -0.15) is 5.26 Å². The van der Waals surface area contributed by atoms with E-state index < -0.39 is 11.7 Å². The number of aryl methyl sites for hydroxylation is 1. The number of anilines is 1. The molecule has 5 nitrogen and oxygen atoms in total. The molecule has 0 bridgehead atoms. The molecule has 2 rings (SSSR count). The first-order valence-corrected chi connectivity index (χ1v) is 8.23. The number of aromatic nitrogens is 1. The molecule has 0 saturated carbocycles. The highest BCUT2D eigenvalue weighted by molar-refractivity contribution is 6.09. The van der Waals surface area contributed by atoms with Crippen LogP contribution in [0.2, 0.25) is 0 Å². The van der Waals surface area contributed by atoms with Gasteiger partial charge in [0.15, 0.2) is 0 Å². The lowest BCUT2D eigenvalue weighted by Gasteiger charge is -2.17. The third-order valence-electron chi connectivity index (χ3n) is 4.12. The fourth-order valence-electron chi connectivity index (χ4n) is 3.01. The summed E-state index contributed by atoms with van der Waals surface area (Å²) < 4.78 is 20.6. The molecule has 1 aromatic heterocycles. The van der Waals surface area contributed by atoms with E-state index in [-0.39, 0.29) is 11.6 Å². The highest BCUT2D eigenvalue weighted by Gasteiger charge is 2.16. The van der Waals surface area contributed by atoms with Crippen LogP contribution in [0.4, 0.5) is 10.1 Å². The quantitative estimate of drug-likeness (QED) is 0.629. The number of halogens is 1. The molecule has 0 aliphatic heterocycles. The molecule has 136 valence electrons. The van der Waals surface area contributed by atoms with Crippen LogP contribution in [0, 0.1) is 31.0 Å². The summed E-state index contributed by atoms with van der Waals surface area (Å²) in [5.41, 5.74) is 3.00. The number of nitriles is 1. The Kier molecular flexibility index (Phi) is 6.31. The normalized spacial score (nSPS) is 12.5. The number of carbonyl (C=O) groups excluding carboxylic acids is 1. The number of ether oxygens (including phenoxy) is 1. The maximum Gasteiger partial charge on any atom is 0.266 e. The van der Waals surface area contributed by atoms with E-state index >= 15 is 0 Å². The van der Waals surface area contributed by atoms with Gasteiger partial charge in [0, 0.05) is 24.2 Å². The van der Waals surface area contributed by atoms with Crippen molar-refractivity contribution in [1.29, 1.82) is 5.26 Å². The Balaban J connectivity index is 2.30. The molecule has 6 heteroatoms. The molecule has 0 saturated heterocycles. The van der Waals surface area contributed by atoms with Gasteiger partial charge in [0.2, 0.25) is 0 Å². The first kappa shape index (κ1) is 19.4. The fourth-order valence-corrected chi connectivity index (χ4v) is 3.01. The Labute approximate surface area is 152 Å². The summed E-state index contributed by atoms with van der Waals surface area (Å²) in [4.78, 5) is 12.3. The van der Waals surface area contributed by atoms with Crippen molar-refractivity contribution < 1.29 is 13.9 Å². The number of hydrogen-bond donors (Lipinski definition) is 1. The molecule has 1 heterocycles. The largest absolute Gasteiger partial charge is 0.383 e. The number of benzene rings is 1. The lowest BCUT2D eigenvalue weighted by atomic mass is 10.1. The Morgan fingerprint density at radius 1 is 1.42 bits per heavy atom. The number of carbonyl (C=O) groups is 1. The minimum Gasteiger partial charge on any atom is -0.383 e. The molecule has 26 heavy (non-hydrogen) atoms. The summed E-state index contributed by atoms with van der Waals surface area (Å²) in [5, 5.41) is 11.9. The van der Waals surface area contributed by atoms with Gasteiger partial charge >= 0.3 is 0 Å². The van der Waals surface area contributed by atoms with E-state index in [2.05, 4.69) is 9.88 Å². The van der Waals surface area contributed by atoms with Gasteiger partial charge in [-0.25, -0.2) is 4.39 Å². The minimum atomic E-state index is -0.576. The van der Waals surface area contributed by atoms with E-state index in [9.17, 15) is 14.4 Å². The van der Waals surface area contributed by atoms with Gasteiger partial charge in [-0.15, -0.1) is 0 Å². The zero-order valence-electron chi connectivity index (χ0n) is 15.3. The summed E-state index contributed by atoms with van der Waals surface area (Å²) >= 11 is 0. The molecule has 1 atom stereocenters. The second-order valence-electron chi connectivity index (χ2n) is 6.14. The summed E-state index contributed by atoms with van der Waals surface area (Å²) in [6, 6.07) is 9.51. The van der Waals surface area contributed by atoms with E-state index in [0.717, 1.165) is 17.0 Å². The molecule has 0 aliphatic rings. The maximum absolute atomic E-state index is 13.2. The Morgan fingerprint density at radius 2 is 2.15 bits per heavy atom. The van der Waals surface area contributed by atoms with Crippen LogP contribution in [-0.2, 0) is 9.53 Å². The van der Waals surface area contributed by atoms with E-state index in [1.165, 1.54) is 18.2 Å². The van der Waals surface area contributed by atoms with E-state index in [4.69, 9.17) is 4.74 Å². The van der Waals surface area contributed by atoms with Gasteiger partial charge in [0.05, 0.1) is 12.6 Å². The van der Waals surface area contributed by atoms with Crippen molar-refractivity contribution >= 4 is 17.7 Å². The summed E-state index contributed by atoms with van der Waals surface area (Å²) in [6.45, 7) is 6.50. The third-order valence-corrected chi connectivity index (χ3v) is 4.12. The number of methoxy groups -OCH3 is 1. The van der Waals surface area contributed by atoms with Crippen molar-refractivity contribution in [3.63, 3.8) is 0 Å². The lowest BCUT2D eigenvalue weighted by Crippen LogP contribution is -2.14. The predicted molar refractivity (Wildman–Crippen MR) is 99.1 cm³/mol. The van der Waals surface area contributed by atoms with Gasteiger partial charge in [-0.3, -0.25) is 4.79 Å². The van der Waals surface area contributed by atoms with Gasteiger partial charge in [0.25, 0.3) is 5.91 Å². The van der Waals surface area contributed by atoms with Crippen LogP contribution >= 0.6 is 0 Å². The summed E-state index contributed by atoms with van der Waals surface area (Å²) in [5.74, 6) is -1.03. The lowest BCUT2D eigenvalue weighted by molar-refractivity contribution is -0.112. The average Bonchev–Trinajstić information content (AvgIpc) is 2.86. The topological polar surface area (TPSA) is 67.0 Å². The van der Waals surface area contributed by atoms with Crippen LogP contribution in [0.5, 0.6) is 0 Å². The predicted octanol–water partition coefficient (Wildman–Crippen LogP) is 4.00. The third kappa shape index (κ3) is 4.38. The monoisotopic (exact) mass is 355 g/mol. The number of amides is 1. The second kappa shape index (κ2) is 8.45. The molecule has 0 radical (unpaired) electrons. The molecule has 1 N–H and O–H groups in total. The molecule has 0 aliphatic carbocycles. The zero-order valence-corrected chi connectivity index (χ0v) is 15.3. The molecule has 1 aromatic carbocycles. The van der Waals surface area contributed by atoms with E-state index in [1.54, 1.807) is 19.3 Å². The summed E-state index contributed by atoms with van der Waals surface area (Å²) in [6.07, 6.45) is 1.55. The summed E-state index contributed by atoms with van der Waals surface area (Å²) in [7, 11) is 1.65. The smallest absolute Gasteiger partial charge is 0.266 e. The standard InChI is InChI=1S/C20H22FN3O2/c1-13-8-16(15(3)24(13)14(2)12-26-4)9-17(11-22)20(25)23-19-7-5-6-18(21)10-19/h5-10,14H,12H2,1-4H3,(H,23,25)/b17-9+. The van der Waals surface area contributed by atoms with Crippen LogP contribution in [0.15, 0.2) is 35.9 Å². The second-order valence-corrected chi connectivity index (χ2v) is 6.14. The SMILES string of the molecule is COCC(C)n1c(C)cc(/C=C(\C#N)C(=O)Nc2cccc(F)c2)c1C. The number of nitrogens with one attached hydrogen (secondary N) is 1. The Morgan fingerprint density at radius 3 is 2.77 bits per heavy atom. The van der Waals surface area contributed by atoms with Crippen LogP contribution in [-0.4, -0.2) is 24.2 Å². The zero-order chi connectivity index (χ0) is 19.3. The van der Waals surface area contributed by atoms with Gasteiger partial charge in [-0.05, 0) is 56.7 Å². The maximum atomic E-state index is 13.2. The van der Waals surface area contributed by atoms with Crippen molar-refractivity contribution in [3.05, 3.63) is 58.7 Å². The van der Waals surface area contributed by atoms with Gasteiger partial charge in [0.1, 0.15) is 17.5 Å². The highest BCUT2D eigenvalue weighted by Crippen LogP contribution is 2.23. The van der Waals surface area contributed by atoms with Crippen molar-refractivity contribution in [3.8, 4) is 6.07 Å². The van der Waals surface area contributed by atoms with Gasteiger partial charge < -0.3 is 14.6 Å². The van der Waals surface area contributed by atoms with Crippen LogP contribution in [0.3, 0.4) is 0 Å². The van der Waals surface area contributed by atoms with Gasteiger partial charge in [-0.1, -0.05) is 6.07 Å². The van der Waals surface area contributed by atoms with Crippen LogP contribution in [0.1, 0.15) is 29.9 Å². The molecule has 1 unspecified atom stereocenters. The van der Waals surface area contributed by atoms with Crippen molar-refractivity contribution in [2.75, 3.05) is 19.0 Å². The highest BCUT2D eigenvalue weighted by atomic mass is 19.1.